The summed E-state index contributed by atoms with van der Waals surface area (Å²) >= 11 is 0. The number of rotatable bonds is 9. The van der Waals surface area contributed by atoms with Crippen LogP contribution in [-0.4, -0.2) is 44.2 Å². The molecule has 3 N–H and O–H groups in total. The zero-order chi connectivity index (χ0) is 17.4. The van der Waals surface area contributed by atoms with E-state index in [1.54, 1.807) is 30.3 Å². The Balaban J connectivity index is 2.57. The fourth-order valence-corrected chi connectivity index (χ4v) is 3.14. The van der Waals surface area contributed by atoms with Gasteiger partial charge in [-0.1, -0.05) is 32.0 Å². The van der Waals surface area contributed by atoms with Gasteiger partial charge in [0, 0.05) is 10.6 Å². The molecular weight excluding hydrogens is 318 g/mol. The summed E-state index contributed by atoms with van der Waals surface area (Å²) in [6.45, 7) is 3.71. The molecule has 7 heteroatoms. The third kappa shape index (κ3) is 6.92. The van der Waals surface area contributed by atoms with Gasteiger partial charge in [0.05, 0.1) is 10.8 Å². The van der Waals surface area contributed by atoms with Gasteiger partial charge in [-0.15, -0.1) is 0 Å². The first-order chi connectivity index (χ1) is 10.8. The first-order valence-electron chi connectivity index (χ1n) is 7.46. The highest BCUT2D eigenvalue weighted by molar-refractivity contribution is 7.85. The van der Waals surface area contributed by atoms with E-state index in [2.05, 4.69) is 5.32 Å². The van der Waals surface area contributed by atoms with Gasteiger partial charge in [-0.25, -0.2) is 4.79 Å². The summed E-state index contributed by atoms with van der Waals surface area (Å²) in [7, 11) is -1.33. The molecule has 0 saturated heterocycles. The number of aliphatic hydroxyl groups excluding tert-OH is 1. The maximum Gasteiger partial charge on any atom is 0.326 e. The quantitative estimate of drug-likeness (QED) is 0.625. The number of hydrogen-bond donors (Lipinski definition) is 3. The van der Waals surface area contributed by atoms with E-state index in [1.165, 1.54) is 0 Å². The summed E-state index contributed by atoms with van der Waals surface area (Å²) in [5.74, 6) is -1.69. The average molecular weight is 341 g/mol. The van der Waals surface area contributed by atoms with Crippen molar-refractivity contribution < 1.29 is 24.0 Å². The number of benzene rings is 1. The van der Waals surface area contributed by atoms with Crippen LogP contribution in [0.3, 0.4) is 0 Å². The van der Waals surface area contributed by atoms with Gasteiger partial charge in [-0.2, -0.15) is 0 Å². The first-order valence-corrected chi connectivity index (χ1v) is 8.77. The van der Waals surface area contributed by atoms with E-state index < -0.39 is 34.8 Å². The van der Waals surface area contributed by atoms with E-state index in [1.807, 2.05) is 13.8 Å². The van der Waals surface area contributed by atoms with Crippen molar-refractivity contribution in [1.29, 1.82) is 0 Å². The molecule has 0 spiro atoms. The van der Waals surface area contributed by atoms with Gasteiger partial charge in [0.15, 0.2) is 0 Å². The van der Waals surface area contributed by atoms with E-state index in [9.17, 15) is 24.0 Å². The van der Waals surface area contributed by atoms with Crippen LogP contribution >= 0.6 is 0 Å². The molecule has 0 aliphatic carbocycles. The number of carboxylic acid groups (broad SMARTS) is 1. The Hall–Kier alpha value is -1.73. The van der Waals surface area contributed by atoms with Crippen LogP contribution in [0.25, 0.3) is 0 Å². The lowest BCUT2D eigenvalue weighted by Gasteiger charge is -2.18. The van der Waals surface area contributed by atoms with Crippen molar-refractivity contribution in [3.63, 3.8) is 0 Å². The van der Waals surface area contributed by atoms with E-state index in [0.29, 0.717) is 4.90 Å². The SMILES string of the molecule is CC(C)C[C@@H](O)C(=O)N[C@@H](CC[S@@](=O)c1ccccc1)C(=O)O. The largest absolute Gasteiger partial charge is 0.480 e. The average Bonchev–Trinajstić information content (AvgIpc) is 2.50. The van der Waals surface area contributed by atoms with Crippen LogP contribution < -0.4 is 5.32 Å². The molecule has 0 aliphatic heterocycles. The zero-order valence-electron chi connectivity index (χ0n) is 13.3. The highest BCUT2D eigenvalue weighted by Crippen LogP contribution is 2.09. The molecular formula is C16H23NO5S. The number of carbonyl (C=O) groups is 2. The van der Waals surface area contributed by atoms with Crippen molar-refractivity contribution in [3.8, 4) is 0 Å². The molecule has 0 bridgehead atoms. The fraction of sp³-hybridized carbons (Fsp3) is 0.500. The molecule has 23 heavy (non-hydrogen) atoms. The number of hydrogen-bond acceptors (Lipinski definition) is 4. The highest BCUT2D eigenvalue weighted by atomic mass is 32.2. The van der Waals surface area contributed by atoms with Crippen molar-refractivity contribution >= 4 is 22.7 Å². The minimum Gasteiger partial charge on any atom is -0.480 e. The monoisotopic (exact) mass is 341 g/mol. The van der Waals surface area contributed by atoms with Crippen molar-refractivity contribution in [3.05, 3.63) is 30.3 Å². The lowest BCUT2D eigenvalue weighted by molar-refractivity contribution is -0.143. The van der Waals surface area contributed by atoms with Gasteiger partial charge in [0.1, 0.15) is 12.1 Å². The van der Waals surface area contributed by atoms with Crippen molar-refractivity contribution in [1.82, 2.24) is 5.32 Å². The fourth-order valence-electron chi connectivity index (χ4n) is 1.99. The second-order valence-corrected chi connectivity index (χ2v) is 7.27. The smallest absolute Gasteiger partial charge is 0.326 e. The summed E-state index contributed by atoms with van der Waals surface area (Å²) in [6.07, 6.45) is -0.957. The Bertz CT molecular complexity index is 547. The number of carbonyl (C=O) groups excluding carboxylic acids is 1. The molecule has 0 aliphatic rings. The molecule has 0 saturated carbocycles. The minimum absolute atomic E-state index is 0.0248. The Kier molecular flexibility index (Phi) is 7.91. The molecule has 3 atom stereocenters. The van der Waals surface area contributed by atoms with E-state index in [4.69, 9.17) is 0 Å². The van der Waals surface area contributed by atoms with Crippen LogP contribution in [0.15, 0.2) is 35.2 Å². The lowest BCUT2D eigenvalue weighted by atomic mass is 10.1. The molecule has 128 valence electrons. The van der Waals surface area contributed by atoms with E-state index in [0.717, 1.165) is 0 Å². The number of aliphatic hydroxyl groups is 1. The van der Waals surface area contributed by atoms with Crippen LogP contribution in [0.4, 0.5) is 0 Å². The molecule has 1 rings (SSSR count). The van der Waals surface area contributed by atoms with Gasteiger partial charge in [-0.05, 0) is 30.9 Å². The molecule has 0 fully saturated rings. The standard InChI is InChI=1S/C16H23NO5S/c1-11(2)10-14(18)15(19)17-13(16(20)21)8-9-23(22)12-6-4-3-5-7-12/h3-7,11,13-14,18H,8-10H2,1-2H3,(H,17,19)(H,20,21)/t13-,14+,23+/m0/s1. The summed E-state index contributed by atoms with van der Waals surface area (Å²) in [4.78, 5) is 23.7. The Labute approximate surface area is 138 Å². The summed E-state index contributed by atoms with van der Waals surface area (Å²) in [5, 5.41) is 21.2. The molecule has 1 aromatic rings. The van der Waals surface area contributed by atoms with E-state index >= 15 is 0 Å². The highest BCUT2D eigenvalue weighted by Gasteiger charge is 2.25. The third-order valence-electron chi connectivity index (χ3n) is 3.21. The summed E-state index contributed by atoms with van der Waals surface area (Å²) < 4.78 is 12.1. The summed E-state index contributed by atoms with van der Waals surface area (Å²) in [6, 6.07) is 7.56. The summed E-state index contributed by atoms with van der Waals surface area (Å²) in [5.41, 5.74) is 0. The topological polar surface area (TPSA) is 104 Å². The molecule has 0 aromatic heterocycles. The first kappa shape index (κ1) is 19.3. The van der Waals surface area contributed by atoms with Gasteiger partial charge in [0.25, 0.3) is 0 Å². The minimum atomic E-state index is -1.33. The second kappa shape index (κ2) is 9.42. The van der Waals surface area contributed by atoms with Crippen molar-refractivity contribution in [2.45, 2.75) is 43.7 Å². The van der Waals surface area contributed by atoms with Gasteiger partial charge >= 0.3 is 5.97 Å². The van der Waals surface area contributed by atoms with Crippen LogP contribution in [0.1, 0.15) is 26.7 Å². The predicted octanol–water partition coefficient (Wildman–Crippen LogP) is 1.16. The van der Waals surface area contributed by atoms with Gasteiger partial charge in [0.2, 0.25) is 5.91 Å². The van der Waals surface area contributed by atoms with Gasteiger partial charge < -0.3 is 15.5 Å². The predicted molar refractivity (Wildman–Crippen MR) is 87.4 cm³/mol. The molecule has 0 radical (unpaired) electrons. The molecule has 0 unspecified atom stereocenters. The van der Waals surface area contributed by atoms with Gasteiger partial charge in [-0.3, -0.25) is 9.00 Å². The Morgan fingerprint density at radius 1 is 1.22 bits per heavy atom. The van der Waals surface area contributed by atoms with Crippen LogP contribution in [0.5, 0.6) is 0 Å². The maximum atomic E-state index is 12.1. The zero-order valence-corrected chi connectivity index (χ0v) is 14.1. The van der Waals surface area contributed by atoms with Crippen LogP contribution in [0, 0.1) is 5.92 Å². The van der Waals surface area contributed by atoms with Crippen molar-refractivity contribution in [2.75, 3.05) is 5.75 Å². The maximum absolute atomic E-state index is 12.1. The third-order valence-corrected chi connectivity index (χ3v) is 4.61. The number of carboxylic acids is 1. The molecule has 6 nitrogen and oxygen atoms in total. The second-order valence-electron chi connectivity index (χ2n) is 5.70. The Morgan fingerprint density at radius 3 is 2.35 bits per heavy atom. The van der Waals surface area contributed by atoms with E-state index in [-0.39, 0.29) is 24.5 Å². The normalized spacial score (nSPS) is 15.0. The number of amides is 1. The lowest BCUT2D eigenvalue weighted by Crippen LogP contribution is -2.46. The Morgan fingerprint density at radius 2 is 1.83 bits per heavy atom. The molecule has 1 aromatic carbocycles. The van der Waals surface area contributed by atoms with Crippen molar-refractivity contribution in [2.24, 2.45) is 5.92 Å². The van der Waals surface area contributed by atoms with Crippen LogP contribution in [-0.2, 0) is 20.4 Å². The number of aliphatic carboxylic acids is 1. The molecule has 1 amide bonds. The molecule has 0 heterocycles. The van der Waals surface area contributed by atoms with Crippen LogP contribution in [0.2, 0.25) is 0 Å². The number of nitrogens with one attached hydrogen (secondary N) is 1.